The lowest BCUT2D eigenvalue weighted by molar-refractivity contribution is -0.169. The minimum atomic E-state index is -0.269. The normalized spacial score (nSPS) is 29.4. The van der Waals surface area contributed by atoms with Crippen molar-refractivity contribution in [1.82, 2.24) is 0 Å². The smallest absolute Gasteiger partial charge is 0.335 e. The van der Waals surface area contributed by atoms with Crippen LogP contribution in [0.1, 0.15) is 38.5 Å². The Hall–Kier alpha value is -0.570. The maximum atomic E-state index is 11.5. The Labute approximate surface area is 78.4 Å². The van der Waals surface area contributed by atoms with E-state index in [4.69, 9.17) is 9.47 Å². The third-order valence-corrected chi connectivity index (χ3v) is 2.78. The van der Waals surface area contributed by atoms with Gasteiger partial charge in [0.1, 0.15) is 6.10 Å². The lowest BCUT2D eigenvalue weighted by Crippen LogP contribution is -2.35. The molecule has 0 aromatic heterocycles. The van der Waals surface area contributed by atoms with Crippen LogP contribution < -0.4 is 0 Å². The summed E-state index contributed by atoms with van der Waals surface area (Å²) < 4.78 is 10.6. The molecular formula is C10H16O3. The van der Waals surface area contributed by atoms with Crippen LogP contribution >= 0.6 is 0 Å². The molecule has 2 aliphatic rings. The third-order valence-electron chi connectivity index (χ3n) is 2.78. The molecule has 74 valence electrons. The van der Waals surface area contributed by atoms with E-state index in [0.29, 0.717) is 6.61 Å². The van der Waals surface area contributed by atoms with Crippen LogP contribution in [-0.4, -0.2) is 24.8 Å². The second-order valence-corrected chi connectivity index (χ2v) is 3.85. The second-order valence-electron chi connectivity index (χ2n) is 3.85. The first kappa shape index (κ1) is 9.00. The van der Waals surface area contributed by atoms with Gasteiger partial charge in [0.2, 0.25) is 0 Å². The average Bonchev–Trinajstić information content (AvgIpc) is 2.12. The van der Waals surface area contributed by atoms with Crippen molar-refractivity contribution in [3.63, 3.8) is 0 Å². The highest BCUT2D eigenvalue weighted by Crippen LogP contribution is 2.24. The number of hydrogen-bond donors (Lipinski definition) is 0. The molecule has 13 heavy (non-hydrogen) atoms. The van der Waals surface area contributed by atoms with Gasteiger partial charge in [-0.05, 0) is 38.5 Å². The molecule has 3 heteroatoms. The van der Waals surface area contributed by atoms with Crippen molar-refractivity contribution in [1.29, 1.82) is 0 Å². The van der Waals surface area contributed by atoms with Crippen LogP contribution in [-0.2, 0) is 14.3 Å². The van der Waals surface area contributed by atoms with Crippen molar-refractivity contribution < 1.29 is 14.3 Å². The highest BCUT2D eigenvalue weighted by atomic mass is 16.6. The molecule has 1 saturated carbocycles. The first-order chi connectivity index (χ1) is 6.36. The third kappa shape index (κ3) is 2.21. The maximum absolute atomic E-state index is 11.5. The van der Waals surface area contributed by atoms with Crippen molar-refractivity contribution in [3.8, 4) is 0 Å². The van der Waals surface area contributed by atoms with Crippen LogP contribution in [0, 0.1) is 0 Å². The summed E-state index contributed by atoms with van der Waals surface area (Å²) in [6.45, 7) is 0.713. The predicted molar refractivity (Wildman–Crippen MR) is 47.3 cm³/mol. The highest BCUT2D eigenvalue weighted by molar-refractivity contribution is 5.75. The van der Waals surface area contributed by atoms with Crippen LogP contribution in [0.25, 0.3) is 0 Å². The summed E-state index contributed by atoms with van der Waals surface area (Å²) in [6, 6.07) is 0. The van der Waals surface area contributed by atoms with E-state index >= 15 is 0 Å². The number of carbonyl (C=O) groups is 1. The number of hydrogen-bond acceptors (Lipinski definition) is 3. The minimum Gasteiger partial charge on any atom is -0.460 e. The Morgan fingerprint density at radius 2 is 2.00 bits per heavy atom. The Morgan fingerprint density at radius 3 is 2.54 bits per heavy atom. The summed E-state index contributed by atoms with van der Waals surface area (Å²) in [4.78, 5) is 11.5. The van der Waals surface area contributed by atoms with E-state index in [1.54, 1.807) is 0 Å². The van der Waals surface area contributed by atoms with E-state index in [9.17, 15) is 4.79 Å². The van der Waals surface area contributed by atoms with E-state index < -0.39 is 0 Å². The Bertz CT molecular complexity index is 181. The van der Waals surface area contributed by atoms with Crippen molar-refractivity contribution in [2.45, 2.75) is 50.7 Å². The molecule has 1 saturated heterocycles. The van der Waals surface area contributed by atoms with Crippen molar-refractivity contribution in [2.75, 3.05) is 6.61 Å². The zero-order valence-electron chi connectivity index (χ0n) is 7.83. The molecule has 0 aromatic rings. The highest BCUT2D eigenvalue weighted by Gasteiger charge is 2.28. The van der Waals surface area contributed by atoms with Gasteiger partial charge in [-0.15, -0.1) is 0 Å². The summed E-state index contributed by atoms with van der Waals surface area (Å²) in [5.41, 5.74) is 0. The van der Waals surface area contributed by atoms with Gasteiger partial charge in [0.25, 0.3) is 0 Å². The largest absolute Gasteiger partial charge is 0.460 e. The molecule has 3 nitrogen and oxygen atoms in total. The van der Waals surface area contributed by atoms with Crippen LogP contribution in [0.3, 0.4) is 0 Å². The average molecular weight is 184 g/mol. The fourth-order valence-electron chi connectivity index (χ4n) is 1.66. The molecule has 0 spiro atoms. The lowest BCUT2D eigenvalue weighted by Gasteiger charge is -2.28. The standard InChI is InChI=1S/C10H16O3/c11-10(13-8-4-3-5-8)9-6-1-2-7-12-9/h8-9H,1-7H2. The predicted octanol–water partition coefficient (Wildman–Crippen LogP) is 1.65. The summed E-state index contributed by atoms with van der Waals surface area (Å²) in [7, 11) is 0. The Morgan fingerprint density at radius 1 is 1.15 bits per heavy atom. The molecule has 1 aliphatic carbocycles. The molecular weight excluding hydrogens is 168 g/mol. The molecule has 1 heterocycles. The van der Waals surface area contributed by atoms with Crippen molar-refractivity contribution in [2.24, 2.45) is 0 Å². The van der Waals surface area contributed by atoms with E-state index in [1.165, 1.54) is 6.42 Å². The lowest BCUT2D eigenvalue weighted by atomic mass is 9.96. The van der Waals surface area contributed by atoms with E-state index in [0.717, 1.165) is 32.1 Å². The van der Waals surface area contributed by atoms with Crippen LogP contribution in [0.4, 0.5) is 0 Å². The molecule has 1 aliphatic heterocycles. The van der Waals surface area contributed by atoms with Gasteiger partial charge in [0.05, 0.1) is 0 Å². The monoisotopic (exact) mass is 184 g/mol. The molecule has 0 aromatic carbocycles. The molecule has 2 fully saturated rings. The van der Waals surface area contributed by atoms with Crippen molar-refractivity contribution in [3.05, 3.63) is 0 Å². The van der Waals surface area contributed by atoms with Crippen molar-refractivity contribution >= 4 is 5.97 Å². The fourth-order valence-corrected chi connectivity index (χ4v) is 1.66. The van der Waals surface area contributed by atoms with Gasteiger partial charge in [-0.2, -0.15) is 0 Å². The van der Waals surface area contributed by atoms with Crippen LogP contribution in [0.5, 0.6) is 0 Å². The van der Waals surface area contributed by atoms with Crippen LogP contribution in [0.2, 0.25) is 0 Å². The summed E-state index contributed by atoms with van der Waals surface area (Å²) in [5, 5.41) is 0. The number of esters is 1. The van der Waals surface area contributed by atoms with E-state index in [-0.39, 0.29) is 18.2 Å². The Balaban J connectivity index is 1.74. The number of carbonyl (C=O) groups excluding carboxylic acids is 1. The molecule has 0 N–H and O–H groups in total. The SMILES string of the molecule is O=C(OC1CCC1)C1CCCCO1. The number of rotatable bonds is 2. The molecule has 1 unspecified atom stereocenters. The van der Waals surface area contributed by atoms with Gasteiger partial charge in [-0.25, -0.2) is 4.79 Å². The Kier molecular flexibility index (Phi) is 2.83. The number of ether oxygens (including phenoxy) is 2. The zero-order valence-corrected chi connectivity index (χ0v) is 7.83. The minimum absolute atomic E-state index is 0.135. The van der Waals surface area contributed by atoms with E-state index in [1.807, 2.05) is 0 Å². The van der Waals surface area contributed by atoms with Gasteiger partial charge in [0.15, 0.2) is 6.10 Å². The molecule has 0 amide bonds. The molecule has 0 radical (unpaired) electrons. The maximum Gasteiger partial charge on any atom is 0.335 e. The molecule has 2 rings (SSSR count). The zero-order chi connectivity index (χ0) is 9.10. The second kappa shape index (κ2) is 4.09. The van der Waals surface area contributed by atoms with Gasteiger partial charge in [0, 0.05) is 6.61 Å². The van der Waals surface area contributed by atoms with Gasteiger partial charge in [-0.3, -0.25) is 0 Å². The van der Waals surface area contributed by atoms with Crippen LogP contribution in [0.15, 0.2) is 0 Å². The summed E-state index contributed by atoms with van der Waals surface area (Å²) in [5.74, 6) is -0.135. The molecule has 1 atom stereocenters. The van der Waals surface area contributed by atoms with Gasteiger partial charge >= 0.3 is 5.97 Å². The molecule has 0 bridgehead atoms. The quantitative estimate of drug-likeness (QED) is 0.612. The first-order valence-corrected chi connectivity index (χ1v) is 5.18. The summed E-state index contributed by atoms with van der Waals surface area (Å²) >= 11 is 0. The van der Waals surface area contributed by atoms with E-state index in [2.05, 4.69) is 0 Å². The van der Waals surface area contributed by atoms with Gasteiger partial charge < -0.3 is 9.47 Å². The topological polar surface area (TPSA) is 35.5 Å². The first-order valence-electron chi connectivity index (χ1n) is 5.18. The summed E-state index contributed by atoms with van der Waals surface area (Å²) in [6.07, 6.45) is 6.20. The fraction of sp³-hybridized carbons (Fsp3) is 0.900. The van der Waals surface area contributed by atoms with Gasteiger partial charge in [-0.1, -0.05) is 0 Å².